The average molecular weight is 208 g/mol. The molecule has 72 valence electrons. The van der Waals surface area contributed by atoms with Gasteiger partial charge < -0.3 is 10.1 Å². The minimum atomic E-state index is -0.211. The Balaban J connectivity index is 2.32. The highest BCUT2D eigenvalue weighted by molar-refractivity contribution is 6.33. The lowest BCUT2D eigenvalue weighted by atomic mass is 10.3. The van der Waals surface area contributed by atoms with Gasteiger partial charge >= 0.3 is 0 Å². The van der Waals surface area contributed by atoms with Crippen LogP contribution in [0.25, 0.3) is 5.52 Å². The Hall–Kier alpha value is -1.06. The molecule has 0 saturated heterocycles. The maximum Gasteiger partial charge on any atom is 0.133 e. The molecule has 0 aliphatic heterocycles. The number of pyridine rings is 1. The Morgan fingerprint density at radius 1 is 1.50 bits per heavy atom. The van der Waals surface area contributed by atoms with Crippen molar-refractivity contribution in [3.05, 3.63) is 35.4 Å². The Bertz CT molecular complexity index is 499. The van der Waals surface area contributed by atoms with Crippen LogP contribution >= 0.6 is 11.6 Å². The highest BCUT2D eigenvalue weighted by Gasteiger charge is 2.43. The lowest BCUT2D eigenvalue weighted by Crippen LogP contribution is -2.22. The van der Waals surface area contributed by atoms with E-state index >= 15 is 0 Å². The number of aromatic nitrogens is 2. The molecular formula is C10H10ClN3. The van der Waals surface area contributed by atoms with E-state index in [-0.39, 0.29) is 5.54 Å². The van der Waals surface area contributed by atoms with Crippen LogP contribution in [0, 0.1) is 0 Å². The van der Waals surface area contributed by atoms with Crippen molar-refractivity contribution in [3.63, 3.8) is 0 Å². The van der Waals surface area contributed by atoms with Gasteiger partial charge in [0.1, 0.15) is 5.82 Å². The Morgan fingerprint density at radius 3 is 3.00 bits per heavy atom. The van der Waals surface area contributed by atoms with Crippen molar-refractivity contribution in [2.24, 2.45) is 5.73 Å². The van der Waals surface area contributed by atoms with Crippen LogP contribution in [0.5, 0.6) is 0 Å². The monoisotopic (exact) mass is 207 g/mol. The van der Waals surface area contributed by atoms with Gasteiger partial charge in [-0.1, -0.05) is 11.6 Å². The molecular weight excluding hydrogens is 198 g/mol. The van der Waals surface area contributed by atoms with Crippen LogP contribution in [-0.4, -0.2) is 9.38 Å². The molecule has 0 unspecified atom stereocenters. The predicted molar refractivity (Wildman–Crippen MR) is 55.3 cm³/mol. The van der Waals surface area contributed by atoms with Gasteiger partial charge in [-0.25, -0.2) is 4.98 Å². The van der Waals surface area contributed by atoms with Gasteiger partial charge in [-0.2, -0.15) is 0 Å². The third-order valence-electron chi connectivity index (χ3n) is 2.75. The number of hydrogen-bond donors (Lipinski definition) is 1. The molecule has 2 aromatic rings. The predicted octanol–water partition coefficient (Wildman–Crippen LogP) is 1.94. The SMILES string of the molecule is NC1(c2ncc3c(Cl)cccn23)CC1. The van der Waals surface area contributed by atoms with E-state index in [1.54, 1.807) is 6.20 Å². The molecule has 14 heavy (non-hydrogen) atoms. The summed E-state index contributed by atoms with van der Waals surface area (Å²) in [6.07, 6.45) is 5.76. The molecule has 0 amide bonds. The van der Waals surface area contributed by atoms with Crippen LogP contribution in [0.1, 0.15) is 18.7 Å². The molecule has 2 aromatic heterocycles. The molecule has 1 fully saturated rings. The first-order valence-corrected chi connectivity index (χ1v) is 4.99. The van der Waals surface area contributed by atoms with Gasteiger partial charge in [0.15, 0.2) is 0 Å². The lowest BCUT2D eigenvalue weighted by molar-refractivity contribution is 0.669. The van der Waals surface area contributed by atoms with Crippen molar-refractivity contribution in [3.8, 4) is 0 Å². The number of rotatable bonds is 1. The Kier molecular flexibility index (Phi) is 1.47. The number of halogens is 1. The van der Waals surface area contributed by atoms with Crippen molar-refractivity contribution in [1.82, 2.24) is 9.38 Å². The zero-order valence-electron chi connectivity index (χ0n) is 7.57. The summed E-state index contributed by atoms with van der Waals surface area (Å²) in [5, 5.41) is 0.718. The maximum atomic E-state index is 6.10. The van der Waals surface area contributed by atoms with E-state index in [1.807, 2.05) is 22.7 Å². The number of hydrogen-bond acceptors (Lipinski definition) is 2. The molecule has 2 N–H and O–H groups in total. The fraction of sp³-hybridized carbons (Fsp3) is 0.300. The second-order valence-electron chi connectivity index (χ2n) is 3.85. The first-order chi connectivity index (χ1) is 6.71. The minimum absolute atomic E-state index is 0.211. The van der Waals surface area contributed by atoms with Crippen LogP contribution < -0.4 is 5.73 Å². The zero-order valence-corrected chi connectivity index (χ0v) is 8.33. The molecule has 2 heterocycles. The van der Waals surface area contributed by atoms with Gasteiger partial charge in [0.25, 0.3) is 0 Å². The summed E-state index contributed by atoms with van der Waals surface area (Å²) in [4.78, 5) is 4.34. The summed E-state index contributed by atoms with van der Waals surface area (Å²) in [5.74, 6) is 0.926. The smallest absolute Gasteiger partial charge is 0.133 e. The number of imidazole rings is 1. The van der Waals surface area contributed by atoms with Crippen molar-refractivity contribution < 1.29 is 0 Å². The number of nitrogens with zero attached hydrogens (tertiary/aromatic N) is 2. The van der Waals surface area contributed by atoms with Crippen molar-refractivity contribution in [2.45, 2.75) is 18.4 Å². The van der Waals surface area contributed by atoms with Crippen molar-refractivity contribution in [2.75, 3.05) is 0 Å². The molecule has 1 aliphatic rings. The molecule has 3 rings (SSSR count). The molecule has 0 atom stereocenters. The second kappa shape index (κ2) is 2.49. The third-order valence-corrected chi connectivity index (χ3v) is 3.07. The lowest BCUT2D eigenvalue weighted by Gasteiger charge is -2.07. The quantitative estimate of drug-likeness (QED) is 0.777. The third kappa shape index (κ3) is 0.996. The van der Waals surface area contributed by atoms with E-state index < -0.39 is 0 Å². The van der Waals surface area contributed by atoms with Gasteiger partial charge in [0.2, 0.25) is 0 Å². The molecule has 1 aliphatic carbocycles. The second-order valence-corrected chi connectivity index (χ2v) is 4.26. The number of nitrogens with two attached hydrogens (primary N) is 1. The molecule has 0 bridgehead atoms. The van der Waals surface area contributed by atoms with Gasteiger partial charge in [0.05, 0.1) is 22.3 Å². The molecule has 0 aromatic carbocycles. The zero-order chi connectivity index (χ0) is 9.76. The first-order valence-electron chi connectivity index (χ1n) is 4.62. The number of fused-ring (bicyclic) bond motifs is 1. The molecule has 3 nitrogen and oxygen atoms in total. The summed E-state index contributed by atoms with van der Waals surface area (Å²) < 4.78 is 1.98. The van der Waals surface area contributed by atoms with E-state index in [1.165, 1.54) is 0 Å². The van der Waals surface area contributed by atoms with Crippen LogP contribution in [0.3, 0.4) is 0 Å². The standard InChI is InChI=1S/C10H10ClN3/c11-7-2-1-5-14-8(7)6-13-9(14)10(12)3-4-10/h1-2,5-6H,3-4,12H2. The van der Waals surface area contributed by atoms with Gasteiger partial charge in [-0.15, -0.1) is 0 Å². The van der Waals surface area contributed by atoms with Crippen LogP contribution in [0.4, 0.5) is 0 Å². The van der Waals surface area contributed by atoms with E-state index in [0.29, 0.717) is 0 Å². The van der Waals surface area contributed by atoms with E-state index in [4.69, 9.17) is 17.3 Å². The summed E-state index contributed by atoms with van der Waals surface area (Å²) in [6, 6.07) is 3.77. The van der Waals surface area contributed by atoms with Gasteiger partial charge in [-0.05, 0) is 25.0 Å². The summed E-state index contributed by atoms with van der Waals surface area (Å²) in [6.45, 7) is 0. The Morgan fingerprint density at radius 2 is 2.29 bits per heavy atom. The van der Waals surface area contributed by atoms with Crippen molar-refractivity contribution in [1.29, 1.82) is 0 Å². The fourth-order valence-electron chi connectivity index (χ4n) is 1.71. The average Bonchev–Trinajstić information content (AvgIpc) is 2.77. The van der Waals surface area contributed by atoms with Crippen LogP contribution in [0.2, 0.25) is 5.02 Å². The molecule has 0 radical (unpaired) electrons. The molecule has 4 heteroatoms. The summed E-state index contributed by atoms with van der Waals surface area (Å²) in [5.41, 5.74) is 6.82. The highest BCUT2D eigenvalue weighted by atomic mass is 35.5. The summed E-state index contributed by atoms with van der Waals surface area (Å²) in [7, 11) is 0. The van der Waals surface area contributed by atoms with Gasteiger partial charge in [-0.3, -0.25) is 0 Å². The van der Waals surface area contributed by atoms with E-state index in [0.717, 1.165) is 29.2 Å². The minimum Gasteiger partial charge on any atom is -0.319 e. The Labute approximate surface area is 86.5 Å². The molecule has 1 saturated carbocycles. The largest absolute Gasteiger partial charge is 0.319 e. The first kappa shape index (κ1) is 8.26. The van der Waals surface area contributed by atoms with E-state index in [2.05, 4.69) is 4.98 Å². The highest BCUT2D eigenvalue weighted by Crippen LogP contribution is 2.42. The summed E-state index contributed by atoms with van der Waals surface area (Å²) >= 11 is 6.04. The van der Waals surface area contributed by atoms with E-state index in [9.17, 15) is 0 Å². The van der Waals surface area contributed by atoms with Crippen molar-refractivity contribution >= 4 is 17.1 Å². The normalized spacial score (nSPS) is 18.7. The topological polar surface area (TPSA) is 43.3 Å². The fourth-order valence-corrected chi connectivity index (χ4v) is 1.93. The maximum absolute atomic E-state index is 6.10. The molecule has 0 spiro atoms. The van der Waals surface area contributed by atoms with Crippen LogP contribution in [-0.2, 0) is 5.54 Å². The van der Waals surface area contributed by atoms with Gasteiger partial charge in [0, 0.05) is 6.20 Å². The van der Waals surface area contributed by atoms with Crippen LogP contribution in [0.15, 0.2) is 24.5 Å².